The molecule has 3 amide bonds. The van der Waals surface area contributed by atoms with Crippen LogP contribution in [-0.4, -0.2) is 76.2 Å². The van der Waals surface area contributed by atoms with Crippen LogP contribution >= 0.6 is 0 Å². The molecule has 0 radical (unpaired) electrons. The number of hydrogen-bond acceptors (Lipinski definition) is 8. The highest BCUT2D eigenvalue weighted by Gasteiger charge is 2.25. The molecule has 0 aliphatic carbocycles. The summed E-state index contributed by atoms with van der Waals surface area (Å²) in [4.78, 5) is 46.3. The molecular weight excluding hydrogens is 550 g/mol. The zero-order valence-electron chi connectivity index (χ0n) is 24.0. The Labute approximate surface area is 241 Å². The van der Waals surface area contributed by atoms with Gasteiger partial charge in [-0.05, 0) is 62.6 Å². The van der Waals surface area contributed by atoms with Gasteiger partial charge in [0, 0.05) is 33.4 Å². The number of pyridine rings is 1. The van der Waals surface area contributed by atoms with Crippen molar-refractivity contribution in [3.63, 3.8) is 0 Å². The van der Waals surface area contributed by atoms with Crippen LogP contribution in [0, 0.1) is 0 Å². The molecule has 1 aromatic carbocycles. The van der Waals surface area contributed by atoms with Crippen LogP contribution in [0.15, 0.2) is 47.0 Å². The number of halogens is 2. The first-order valence-electron chi connectivity index (χ1n) is 13.2. The first kappa shape index (κ1) is 30.3. The van der Waals surface area contributed by atoms with Crippen LogP contribution in [0.5, 0.6) is 0 Å². The van der Waals surface area contributed by atoms with Crippen molar-refractivity contribution < 1.29 is 32.3 Å². The molecule has 0 spiro atoms. The highest BCUT2D eigenvalue weighted by Crippen LogP contribution is 2.30. The van der Waals surface area contributed by atoms with E-state index >= 15 is 0 Å². The summed E-state index contributed by atoms with van der Waals surface area (Å²) in [7, 11) is 3.18. The summed E-state index contributed by atoms with van der Waals surface area (Å²) in [6.07, 6.45) is 1.32. The van der Waals surface area contributed by atoms with Gasteiger partial charge in [0.15, 0.2) is 0 Å². The maximum Gasteiger partial charge on any atom is 0.410 e. The maximum atomic E-state index is 13.4. The predicted octanol–water partition coefficient (Wildman–Crippen LogP) is 4.96. The number of carbonyl (C=O) groups is 3. The fourth-order valence-electron chi connectivity index (χ4n) is 4.29. The molecule has 0 saturated carbocycles. The van der Waals surface area contributed by atoms with Crippen LogP contribution in [0.1, 0.15) is 61.1 Å². The zero-order chi connectivity index (χ0) is 30.6. The summed E-state index contributed by atoms with van der Waals surface area (Å²) in [5, 5.41) is 6.91. The molecular formula is C29H32F2N6O5. The van der Waals surface area contributed by atoms with E-state index in [4.69, 9.17) is 9.15 Å². The number of anilines is 1. The molecule has 42 heavy (non-hydrogen) atoms. The molecule has 0 unspecified atom stereocenters. The molecule has 2 aromatic heterocycles. The van der Waals surface area contributed by atoms with E-state index in [1.54, 1.807) is 43.3 Å². The van der Waals surface area contributed by atoms with Crippen LogP contribution in [0.25, 0.3) is 17.0 Å². The Balaban J connectivity index is 1.47. The summed E-state index contributed by atoms with van der Waals surface area (Å²) in [5.74, 6) is -1.19. The molecule has 13 heteroatoms. The summed E-state index contributed by atoms with van der Waals surface area (Å²) in [6.45, 7) is 6.47. The van der Waals surface area contributed by atoms with Crippen LogP contribution in [0.2, 0.25) is 0 Å². The van der Waals surface area contributed by atoms with Crippen LogP contribution in [0.3, 0.4) is 0 Å². The van der Waals surface area contributed by atoms with Gasteiger partial charge in [-0.15, -0.1) is 10.2 Å². The van der Waals surface area contributed by atoms with Gasteiger partial charge in [0.25, 0.3) is 11.8 Å². The zero-order valence-corrected chi connectivity index (χ0v) is 24.0. The number of hydrogen-bond donors (Lipinski definition) is 0. The fraction of sp³-hybridized carbons (Fsp3) is 0.379. The van der Waals surface area contributed by atoms with Gasteiger partial charge in [0.2, 0.25) is 12.3 Å². The smallest absolute Gasteiger partial charge is 0.410 e. The monoisotopic (exact) mass is 582 g/mol. The van der Waals surface area contributed by atoms with Gasteiger partial charge in [-0.25, -0.2) is 4.79 Å². The minimum Gasteiger partial charge on any atom is -0.444 e. The highest BCUT2D eigenvalue weighted by atomic mass is 19.3. The van der Waals surface area contributed by atoms with Gasteiger partial charge in [0.1, 0.15) is 5.60 Å². The molecule has 4 rings (SSSR count). The average molecular weight is 583 g/mol. The fourth-order valence-corrected chi connectivity index (χ4v) is 4.29. The van der Waals surface area contributed by atoms with Gasteiger partial charge >= 0.3 is 12.5 Å². The highest BCUT2D eigenvalue weighted by molar-refractivity contribution is 6.02. The van der Waals surface area contributed by atoms with Gasteiger partial charge in [-0.1, -0.05) is 12.1 Å². The van der Waals surface area contributed by atoms with Crippen molar-refractivity contribution in [2.45, 2.75) is 45.8 Å². The van der Waals surface area contributed by atoms with E-state index in [1.165, 1.54) is 16.0 Å². The van der Waals surface area contributed by atoms with E-state index in [0.29, 0.717) is 48.4 Å². The Morgan fingerprint density at radius 3 is 2.45 bits per heavy atom. The number of rotatable bonds is 8. The Hall–Kier alpha value is -4.68. The van der Waals surface area contributed by atoms with Crippen molar-refractivity contribution >= 4 is 29.7 Å². The van der Waals surface area contributed by atoms with Gasteiger partial charge < -0.3 is 23.9 Å². The molecule has 1 aliphatic heterocycles. The molecule has 0 atom stereocenters. The van der Waals surface area contributed by atoms with E-state index in [0.717, 1.165) is 11.1 Å². The normalized spacial score (nSPS) is 13.5. The lowest BCUT2D eigenvalue weighted by Gasteiger charge is -2.30. The molecule has 0 saturated heterocycles. The summed E-state index contributed by atoms with van der Waals surface area (Å²) in [6, 6.07) is 8.50. The predicted molar refractivity (Wildman–Crippen MR) is 150 cm³/mol. The lowest BCUT2D eigenvalue weighted by Crippen LogP contribution is -2.39. The molecule has 0 fully saturated rings. The Kier molecular flexibility index (Phi) is 8.98. The first-order valence-corrected chi connectivity index (χ1v) is 13.2. The quantitative estimate of drug-likeness (QED) is 0.342. The van der Waals surface area contributed by atoms with Crippen molar-refractivity contribution in [1.29, 1.82) is 0 Å². The van der Waals surface area contributed by atoms with Gasteiger partial charge in [-0.3, -0.25) is 14.6 Å². The van der Waals surface area contributed by atoms with Crippen molar-refractivity contribution in [2.24, 2.45) is 0 Å². The van der Waals surface area contributed by atoms with Crippen LogP contribution in [-0.2, 0) is 16.1 Å². The minimum absolute atomic E-state index is 0.0824. The third-order valence-corrected chi connectivity index (χ3v) is 6.44. The van der Waals surface area contributed by atoms with Gasteiger partial charge in [-0.2, -0.15) is 8.78 Å². The standard InChI is InChI=1S/C29H32F2N6O5/c1-29(2,3)42-28(40)37-12-10-18(11-13-37)19-7-9-22(23(14-19)36(5)17-38)27(39)35(4)16-21-8-6-20(15-32-21)25-33-34-26(41-25)24(30)31/h6-10,14-15,17,24H,11-13,16H2,1-5H3. The molecule has 0 bridgehead atoms. The lowest BCUT2D eigenvalue weighted by atomic mass is 9.96. The van der Waals surface area contributed by atoms with E-state index in [1.807, 2.05) is 32.9 Å². The number of benzene rings is 1. The largest absolute Gasteiger partial charge is 0.444 e. The van der Waals surface area contributed by atoms with Crippen molar-refractivity contribution in [3.8, 4) is 11.5 Å². The third kappa shape index (κ3) is 7.14. The first-order chi connectivity index (χ1) is 19.9. The second-order valence-corrected chi connectivity index (χ2v) is 10.8. The Morgan fingerprint density at radius 2 is 1.88 bits per heavy atom. The molecule has 3 aromatic rings. The van der Waals surface area contributed by atoms with Crippen LogP contribution in [0.4, 0.5) is 19.3 Å². The number of amides is 3. The molecule has 0 N–H and O–H groups in total. The molecule has 11 nitrogen and oxygen atoms in total. The minimum atomic E-state index is -2.87. The number of ether oxygens (including phenoxy) is 1. The Morgan fingerprint density at radius 1 is 1.14 bits per heavy atom. The maximum absolute atomic E-state index is 13.4. The number of carbonyl (C=O) groups excluding carboxylic acids is 3. The topological polar surface area (TPSA) is 122 Å². The summed E-state index contributed by atoms with van der Waals surface area (Å²) < 4.78 is 35.9. The second kappa shape index (κ2) is 12.5. The number of alkyl halides is 2. The van der Waals surface area contributed by atoms with E-state index < -0.39 is 17.9 Å². The second-order valence-electron chi connectivity index (χ2n) is 10.8. The lowest BCUT2D eigenvalue weighted by molar-refractivity contribution is -0.107. The number of nitrogens with zero attached hydrogens (tertiary/aromatic N) is 6. The summed E-state index contributed by atoms with van der Waals surface area (Å²) in [5.41, 5.74) is 2.91. The van der Waals surface area contributed by atoms with E-state index in [2.05, 4.69) is 15.2 Å². The number of aromatic nitrogens is 3. The molecule has 1 aliphatic rings. The summed E-state index contributed by atoms with van der Waals surface area (Å²) >= 11 is 0. The molecule has 222 valence electrons. The average Bonchev–Trinajstić information content (AvgIpc) is 3.46. The van der Waals surface area contributed by atoms with Gasteiger partial charge in [0.05, 0.1) is 29.1 Å². The third-order valence-electron chi connectivity index (χ3n) is 6.44. The van der Waals surface area contributed by atoms with Crippen LogP contribution < -0.4 is 4.90 Å². The van der Waals surface area contributed by atoms with Crippen molar-refractivity contribution in [1.82, 2.24) is 25.0 Å². The van der Waals surface area contributed by atoms with E-state index in [9.17, 15) is 23.2 Å². The Bertz CT molecular complexity index is 1480. The SMILES string of the molecule is CN(Cc1ccc(-c2nnc(C(F)F)o2)cn1)C(=O)c1ccc(C2=CCN(C(=O)OC(C)(C)C)CC2)cc1N(C)C=O. The van der Waals surface area contributed by atoms with Crippen molar-refractivity contribution in [3.05, 3.63) is 65.3 Å². The molecule has 3 heterocycles. The van der Waals surface area contributed by atoms with Crippen molar-refractivity contribution in [2.75, 3.05) is 32.1 Å². The van der Waals surface area contributed by atoms with E-state index in [-0.39, 0.29) is 24.4 Å².